The molecule has 0 fully saturated rings. The Kier molecular flexibility index (Phi) is 4.08. The Morgan fingerprint density at radius 2 is 1.90 bits per heavy atom. The topological polar surface area (TPSA) is 68.9 Å². The van der Waals surface area contributed by atoms with E-state index in [1.165, 1.54) is 0 Å². The van der Waals surface area contributed by atoms with Gasteiger partial charge >= 0.3 is 5.22 Å². The molecule has 0 spiro atoms. The second-order valence-electron chi connectivity index (χ2n) is 4.19. The lowest BCUT2D eigenvalue weighted by Gasteiger charge is -1.97. The van der Waals surface area contributed by atoms with Gasteiger partial charge in [0.1, 0.15) is 10.8 Å². The van der Waals surface area contributed by atoms with Gasteiger partial charge in [0.25, 0.3) is 0 Å². The molecule has 1 atom stereocenters. The van der Waals surface area contributed by atoms with Gasteiger partial charge in [0.15, 0.2) is 0 Å². The molecule has 7 heteroatoms. The molecule has 0 radical (unpaired) electrons. The summed E-state index contributed by atoms with van der Waals surface area (Å²) in [5.74, 6) is 0.555. The minimum Gasteiger partial charge on any atom is -0.409 e. The highest BCUT2D eigenvalue weighted by Crippen LogP contribution is 2.21. The van der Waals surface area contributed by atoms with Crippen LogP contribution in [0.3, 0.4) is 0 Å². The molecule has 0 saturated heterocycles. The van der Waals surface area contributed by atoms with Gasteiger partial charge in [-0.1, -0.05) is 22.8 Å². The molecule has 0 bridgehead atoms. The highest BCUT2D eigenvalue weighted by molar-refractivity contribution is 7.83. The van der Waals surface area contributed by atoms with Crippen LogP contribution in [0.25, 0.3) is 11.5 Å². The SMILES string of the molecule is O=[S@@](Cc1ccccn1)c1nnc(-c2ccc(Cl)cc2)o1. The molecule has 0 aliphatic carbocycles. The first-order valence-electron chi connectivity index (χ1n) is 6.10. The molecule has 2 aromatic heterocycles. The van der Waals surface area contributed by atoms with Gasteiger partial charge in [-0.15, -0.1) is 5.10 Å². The number of nitrogens with zero attached hydrogens (tertiary/aromatic N) is 3. The second-order valence-corrected chi connectivity index (χ2v) is 5.96. The fourth-order valence-corrected chi connectivity index (χ4v) is 2.68. The summed E-state index contributed by atoms with van der Waals surface area (Å²) in [5.41, 5.74) is 1.44. The number of benzene rings is 1. The maximum absolute atomic E-state index is 12.2. The van der Waals surface area contributed by atoms with Crippen LogP contribution in [0, 0.1) is 0 Å². The molecule has 0 saturated carbocycles. The van der Waals surface area contributed by atoms with Gasteiger partial charge in [-0.3, -0.25) is 4.98 Å². The van der Waals surface area contributed by atoms with Crippen molar-refractivity contribution in [2.24, 2.45) is 0 Å². The number of rotatable bonds is 4. The Hall–Kier alpha value is -2.05. The molecule has 0 unspecified atom stereocenters. The van der Waals surface area contributed by atoms with Crippen LogP contribution in [0.5, 0.6) is 0 Å². The molecule has 0 N–H and O–H groups in total. The normalized spacial score (nSPS) is 12.2. The van der Waals surface area contributed by atoms with Gasteiger partial charge in [0, 0.05) is 16.8 Å². The Bertz CT molecular complexity index is 759. The molecule has 2 heterocycles. The molecule has 5 nitrogen and oxygen atoms in total. The number of hydrogen-bond acceptors (Lipinski definition) is 5. The Balaban J connectivity index is 1.78. The Morgan fingerprint density at radius 1 is 1.10 bits per heavy atom. The fourth-order valence-electron chi connectivity index (χ4n) is 1.69. The first kappa shape index (κ1) is 13.9. The molecule has 1 aromatic carbocycles. The Morgan fingerprint density at radius 3 is 2.62 bits per heavy atom. The largest absolute Gasteiger partial charge is 0.409 e. The predicted molar refractivity (Wildman–Crippen MR) is 79.1 cm³/mol. The van der Waals surface area contributed by atoms with Crippen molar-refractivity contribution in [2.45, 2.75) is 11.0 Å². The van der Waals surface area contributed by atoms with Crippen molar-refractivity contribution < 1.29 is 8.63 Å². The van der Waals surface area contributed by atoms with Gasteiger partial charge in [0.2, 0.25) is 5.89 Å². The van der Waals surface area contributed by atoms with E-state index in [0.717, 1.165) is 5.56 Å². The summed E-state index contributed by atoms with van der Waals surface area (Å²) < 4.78 is 17.6. The summed E-state index contributed by atoms with van der Waals surface area (Å²) in [6.07, 6.45) is 1.65. The van der Waals surface area contributed by atoms with Crippen LogP contribution >= 0.6 is 11.6 Å². The molecule has 3 aromatic rings. The molecule has 21 heavy (non-hydrogen) atoms. The predicted octanol–water partition coefficient (Wildman–Crippen LogP) is 3.09. The summed E-state index contributed by atoms with van der Waals surface area (Å²) in [6, 6.07) is 12.4. The van der Waals surface area contributed by atoms with Gasteiger partial charge in [-0.25, -0.2) is 4.21 Å². The maximum Gasteiger partial charge on any atom is 0.308 e. The van der Waals surface area contributed by atoms with Crippen molar-refractivity contribution >= 4 is 22.4 Å². The monoisotopic (exact) mass is 319 g/mol. The van der Waals surface area contributed by atoms with Crippen LogP contribution in [-0.4, -0.2) is 19.4 Å². The first-order chi connectivity index (χ1) is 10.2. The molecule has 3 rings (SSSR count). The fraction of sp³-hybridized carbons (Fsp3) is 0.0714. The third kappa shape index (κ3) is 3.34. The number of halogens is 1. The van der Waals surface area contributed by atoms with E-state index in [9.17, 15) is 4.21 Å². The summed E-state index contributed by atoms with van der Waals surface area (Å²) in [5, 5.41) is 8.45. The third-order valence-electron chi connectivity index (χ3n) is 2.70. The average molecular weight is 320 g/mol. The van der Waals surface area contributed by atoms with E-state index in [1.54, 1.807) is 42.6 Å². The second kappa shape index (κ2) is 6.15. The smallest absolute Gasteiger partial charge is 0.308 e. The standard InChI is InChI=1S/C14H10ClN3O2S/c15-11-6-4-10(5-7-11)13-17-18-14(20-13)21(19)9-12-3-1-2-8-16-12/h1-8H,9H2/t21-/m0/s1. The van der Waals surface area contributed by atoms with Crippen molar-refractivity contribution in [1.82, 2.24) is 15.2 Å². The van der Waals surface area contributed by atoms with Crippen LogP contribution in [-0.2, 0) is 16.6 Å². The van der Waals surface area contributed by atoms with Crippen LogP contribution in [0.2, 0.25) is 5.02 Å². The molecular formula is C14H10ClN3O2S. The van der Waals surface area contributed by atoms with Crippen LogP contribution in [0.1, 0.15) is 5.69 Å². The number of hydrogen-bond donors (Lipinski definition) is 0. The minimum absolute atomic E-state index is 0.0885. The van der Waals surface area contributed by atoms with Gasteiger partial charge in [0.05, 0.1) is 11.4 Å². The van der Waals surface area contributed by atoms with E-state index in [0.29, 0.717) is 16.6 Å². The van der Waals surface area contributed by atoms with Crippen LogP contribution in [0.15, 0.2) is 58.3 Å². The molecule has 0 amide bonds. The van der Waals surface area contributed by atoms with E-state index < -0.39 is 10.8 Å². The van der Waals surface area contributed by atoms with E-state index in [-0.39, 0.29) is 11.0 Å². The lowest BCUT2D eigenvalue weighted by Crippen LogP contribution is -1.98. The van der Waals surface area contributed by atoms with Crippen molar-refractivity contribution in [3.63, 3.8) is 0 Å². The van der Waals surface area contributed by atoms with E-state index >= 15 is 0 Å². The maximum atomic E-state index is 12.2. The van der Waals surface area contributed by atoms with Gasteiger partial charge < -0.3 is 4.42 Å². The zero-order chi connectivity index (χ0) is 14.7. The highest BCUT2D eigenvalue weighted by Gasteiger charge is 2.15. The summed E-state index contributed by atoms with van der Waals surface area (Å²) >= 11 is 5.82. The molecule has 0 aliphatic heterocycles. The zero-order valence-electron chi connectivity index (χ0n) is 10.8. The average Bonchev–Trinajstić information content (AvgIpc) is 2.99. The van der Waals surface area contributed by atoms with Crippen LogP contribution < -0.4 is 0 Å². The van der Waals surface area contributed by atoms with Crippen molar-refractivity contribution in [3.8, 4) is 11.5 Å². The summed E-state index contributed by atoms with van der Waals surface area (Å²) in [6.45, 7) is 0. The summed E-state index contributed by atoms with van der Waals surface area (Å²) in [4.78, 5) is 4.12. The van der Waals surface area contributed by atoms with Crippen molar-refractivity contribution in [2.75, 3.05) is 0 Å². The van der Waals surface area contributed by atoms with E-state index in [1.807, 2.05) is 6.07 Å². The zero-order valence-corrected chi connectivity index (χ0v) is 12.3. The summed E-state index contributed by atoms with van der Waals surface area (Å²) in [7, 11) is -1.42. The third-order valence-corrected chi connectivity index (χ3v) is 4.06. The number of pyridine rings is 1. The lowest BCUT2D eigenvalue weighted by atomic mass is 10.2. The highest BCUT2D eigenvalue weighted by atomic mass is 35.5. The first-order valence-corrected chi connectivity index (χ1v) is 7.80. The molecular weight excluding hydrogens is 310 g/mol. The quantitative estimate of drug-likeness (QED) is 0.739. The van der Waals surface area contributed by atoms with Gasteiger partial charge in [-0.05, 0) is 36.4 Å². The van der Waals surface area contributed by atoms with Crippen LogP contribution in [0.4, 0.5) is 0 Å². The van der Waals surface area contributed by atoms with Crippen molar-refractivity contribution in [1.29, 1.82) is 0 Å². The van der Waals surface area contributed by atoms with E-state index in [2.05, 4.69) is 15.2 Å². The van der Waals surface area contributed by atoms with Crippen molar-refractivity contribution in [3.05, 3.63) is 59.4 Å². The number of aromatic nitrogens is 3. The minimum atomic E-state index is -1.42. The molecule has 0 aliphatic rings. The Labute approximate surface area is 128 Å². The van der Waals surface area contributed by atoms with E-state index in [4.69, 9.17) is 16.0 Å². The van der Waals surface area contributed by atoms with Gasteiger partial charge in [-0.2, -0.15) is 0 Å². The molecule has 106 valence electrons. The lowest BCUT2D eigenvalue weighted by molar-refractivity contribution is 0.455.